The summed E-state index contributed by atoms with van der Waals surface area (Å²) in [6.07, 6.45) is 2.32. The molecule has 1 aliphatic rings. The Labute approximate surface area is 142 Å². The standard InChI is InChI=1S/C17H25F2N3S/c1-12-8-13(2)11-22(10-12)7-3-6-20-17(23)21-14-4-5-15(18)16(19)9-14/h4-5,9,12-13H,3,6-8,10-11H2,1-2H3,(H2,20,21,23)/t12-,13-/m1/s1. The third-order valence-corrected chi connectivity index (χ3v) is 4.31. The fourth-order valence-corrected chi connectivity index (χ4v) is 3.45. The van der Waals surface area contributed by atoms with Gasteiger partial charge < -0.3 is 15.5 Å². The number of nitrogens with zero attached hydrogens (tertiary/aromatic N) is 1. The van der Waals surface area contributed by atoms with Crippen molar-refractivity contribution in [1.29, 1.82) is 0 Å². The number of halogens is 2. The van der Waals surface area contributed by atoms with Gasteiger partial charge in [-0.2, -0.15) is 0 Å². The van der Waals surface area contributed by atoms with E-state index in [0.29, 0.717) is 10.8 Å². The van der Waals surface area contributed by atoms with Crippen molar-refractivity contribution in [3.05, 3.63) is 29.8 Å². The third-order valence-electron chi connectivity index (χ3n) is 4.06. The van der Waals surface area contributed by atoms with E-state index in [4.69, 9.17) is 12.2 Å². The van der Waals surface area contributed by atoms with Crippen LogP contribution in [0.15, 0.2) is 18.2 Å². The van der Waals surface area contributed by atoms with Crippen molar-refractivity contribution in [1.82, 2.24) is 10.2 Å². The maximum atomic E-state index is 13.1. The van der Waals surface area contributed by atoms with Crippen LogP contribution in [0.25, 0.3) is 0 Å². The molecule has 2 rings (SSSR count). The van der Waals surface area contributed by atoms with Gasteiger partial charge in [-0.1, -0.05) is 13.8 Å². The third kappa shape index (κ3) is 6.03. The van der Waals surface area contributed by atoms with E-state index in [9.17, 15) is 8.78 Å². The van der Waals surface area contributed by atoms with Crippen molar-refractivity contribution >= 4 is 23.0 Å². The van der Waals surface area contributed by atoms with Crippen LogP contribution in [0.1, 0.15) is 26.7 Å². The first kappa shape index (κ1) is 18.1. The molecule has 1 aliphatic heterocycles. The number of hydrogen-bond acceptors (Lipinski definition) is 2. The molecule has 0 amide bonds. The fourth-order valence-electron chi connectivity index (χ4n) is 3.23. The topological polar surface area (TPSA) is 27.3 Å². The van der Waals surface area contributed by atoms with E-state index in [1.807, 2.05) is 0 Å². The van der Waals surface area contributed by atoms with Gasteiger partial charge in [-0.05, 0) is 55.6 Å². The van der Waals surface area contributed by atoms with E-state index in [2.05, 4.69) is 29.4 Å². The van der Waals surface area contributed by atoms with Crippen molar-refractivity contribution in [3.63, 3.8) is 0 Å². The second-order valence-corrected chi connectivity index (χ2v) is 6.98. The molecule has 128 valence electrons. The number of anilines is 1. The van der Waals surface area contributed by atoms with Gasteiger partial charge in [0.1, 0.15) is 0 Å². The van der Waals surface area contributed by atoms with Gasteiger partial charge in [0, 0.05) is 31.4 Å². The number of thiocarbonyl (C=S) groups is 1. The van der Waals surface area contributed by atoms with E-state index < -0.39 is 11.6 Å². The second-order valence-electron chi connectivity index (χ2n) is 6.57. The summed E-state index contributed by atoms with van der Waals surface area (Å²) < 4.78 is 26.0. The Morgan fingerprint density at radius 1 is 1.22 bits per heavy atom. The molecule has 0 radical (unpaired) electrons. The molecule has 1 heterocycles. The molecule has 0 spiro atoms. The minimum Gasteiger partial charge on any atom is -0.362 e. The zero-order chi connectivity index (χ0) is 16.8. The van der Waals surface area contributed by atoms with Crippen LogP contribution in [0.5, 0.6) is 0 Å². The van der Waals surface area contributed by atoms with Crippen LogP contribution < -0.4 is 10.6 Å². The minimum absolute atomic E-state index is 0.427. The quantitative estimate of drug-likeness (QED) is 0.632. The Morgan fingerprint density at radius 3 is 2.57 bits per heavy atom. The molecule has 23 heavy (non-hydrogen) atoms. The molecule has 1 fully saturated rings. The van der Waals surface area contributed by atoms with Crippen molar-refractivity contribution in [2.24, 2.45) is 11.8 Å². The SMILES string of the molecule is C[C@@H]1C[C@@H](C)CN(CCCNC(=S)Nc2ccc(F)c(F)c2)C1. The number of benzene rings is 1. The summed E-state index contributed by atoms with van der Waals surface area (Å²) in [6.45, 7) is 8.76. The highest BCUT2D eigenvalue weighted by molar-refractivity contribution is 7.80. The Hall–Kier alpha value is -1.27. The number of hydrogen-bond donors (Lipinski definition) is 2. The summed E-state index contributed by atoms with van der Waals surface area (Å²) >= 11 is 5.17. The van der Waals surface area contributed by atoms with Crippen LogP contribution in [-0.4, -0.2) is 36.2 Å². The first-order valence-corrected chi connectivity index (χ1v) is 8.57. The van der Waals surface area contributed by atoms with Crippen molar-refractivity contribution in [3.8, 4) is 0 Å². The molecule has 0 saturated carbocycles. The zero-order valence-electron chi connectivity index (χ0n) is 13.7. The van der Waals surface area contributed by atoms with Gasteiger partial charge in [0.2, 0.25) is 0 Å². The van der Waals surface area contributed by atoms with Gasteiger partial charge in [-0.15, -0.1) is 0 Å². The molecule has 0 bridgehead atoms. The predicted molar refractivity (Wildman–Crippen MR) is 94.6 cm³/mol. The first-order valence-electron chi connectivity index (χ1n) is 8.16. The highest BCUT2D eigenvalue weighted by atomic mass is 32.1. The van der Waals surface area contributed by atoms with Crippen molar-refractivity contribution < 1.29 is 8.78 Å². The molecule has 1 aromatic rings. The van der Waals surface area contributed by atoms with Crippen LogP contribution in [0.4, 0.5) is 14.5 Å². The molecule has 3 nitrogen and oxygen atoms in total. The average Bonchev–Trinajstić information content (AvgIpc) is 2.46. The molecule has 0 unspecified atom stereocenters. The van der Waals surface area contributed by atoms with E-state index in [1.165, 1.54) is 25.6 Å². The number of piperidine rings is 1. The summed E-state index contributed by atoms with van der Waals surface area (Å²) in [5, 5.41) is 6.39. The van der Waals surface area contributed by atoms with E-state index >= 15 is 0 Å². The molecular formula is C17H25F2N3S. The summed E-state index contributed by atoms with van der Waals surface area (Å²) in [7, 11) is 0. The molecule has 1 aromatic carbocycles. The Balaban J connectivity index is 1.65. The van der Waals surface area contributed by atoms with Crippen molar-refractivity contribution in [2.75, 3.05) is 31.5 Å². The molecule has 0 aliphatic carbocycles. The average molecular weight is 341 g/mol. The van der Waals surface area contributed by atoms with Gasteiger partial charge in [-0.25, -0.2) is 8.78 Å². The Morgan fingerprint density at radius 2 is 1.91 bits per heavy atom. The monoisotopic (exact) mass is 341 g/mol. The fraction of sp³-hybridized carbons (Fsp3) is 0.588. The van der Waals surface area contributed by atoms with E-state index in [-0.39, 0.29) is 0 Å². The lowest BCUT2D eigenvalue weighted by Crippen LogP contribution is -2.40. The molecule has 1 saturated heterocycles. The van der Waals surface area contributed by atoms with Gasteiger partial charge in [0.25, 0.3) is 0 Å². The number of rotatable bonds is 5. The summed E-state index contributed by atoms with van der Waals surface area (Å²) in [5.74, 6) is -0.212. The highest BCUT2D eigenvalue weighted by Gasteiger charge is 2.20. The molecule has 2 N–H and O–H groups in total. The normalized spacial score (nSPS) is 21.9. The van der Waals surface area contributed by atoms with Gasteiger partial charge in [0.05, 0.1) is 0 Å². The van der Waals surface area contributed by atoms with Crippen LogP contribution in [-0.2, 0) is 0 Å². The smallest absolute Gasteiger partial charge is 0.170 e. The largest absolute Gasteiger partial charge is 0.362 e. The predicted octanol–water partition coefficient (Wildman–Crippen LogP) is 3.62. The lowest BCUT2D eigenvalue weighted by Gasteiger charge is -2.34. The lowest BCUT2D eigenvalue weighted by atomic mass is 9.92. The summed E-state index contributed by atoms with van der Waals surface area (Å²) in [6, 6.07) is 3.64. The van der Waals surface area contributed by atoms with E-state index in [0.717, 1.165) is 43.5 Å². The van der Waals surface area contributed by atoms with Gasteiger partial charge in [0.15, 0.2) is 16.7 Å². The lowest BCUT2D eigenvalue weighted by molar-refractivity contribution is 0.140. The van der Waals surface area contributed by atoms with Gasteiger partial charge >= 0.3 is 0 Å². The van der Waals surface area contributed by atoms with Crippen LogP contribution in [0.2, 0.25) is 0 Å². The second kappa shape index (κ2) is 8.55. The Bertz CT molecular complexity index is 529. The van der Waals surface area contributed by atoms with Crippen LogP contribution in [0.3, 0.4) is 0 Å². The summed E-state index contributed by atoms with van der Waals surface area (Å²) in [4.78, 5) is 2.51. The van der Waals surface area contributed by atoms with Gasteiger partial charge in [-0.3, -0.25) is 0 Å². The molecule has 2 atom stereocenters. The van der Waals surface area contributed by atoms with E-state index in [1.54, 1.807) is 0 Å². The molecule has 6 heteroatoms. The highest BCUT2D eigenvalue weighted by Crippen LogP contribution is 2.20. The first-order chi connectivity index (χ1) is 10.9. The maximum Gasteiger partial charge on any atom is 0.170 e. The minimum atomic E-state index is -0.883. The van der Waals surface area contributed by atoms with Crippen LogP contribution in [0, 0.1) is 23.5 Å². The Kier molecular flexibility index (Phi) is 6.72. The summed E-state index contributed by atoms with van der Waals surface area (Å²) in [5.41, 5.74) is 0.445. The molecular weight excluding hydrogens is 316 g/mol. The van der Waals surface area contributed by atoms with Crippen LogP contribution >= 0.6 is 12.2 Å². The molecule has 0 aromatic heterocycles. The number of nitrogens with one attached hydrogen (secondary N) is 2. The maximum absolute atomic E-state index is 13.1. The van der Waals surface area contributed by atoms with Crippen molar-refractivity contribution in [2.45, 2.75) is 26.7 Å². The number of likely N-dealkylation sites (tertiary alicyclic amines) is 1. The zero-order valence-corrected chi connectivity index (χ0v) is 14.6.